The van der Waals surface area contributed by atoms with Gasteiger partial charge in [-0.15, -0.1) is 24.0 Å². The van der Waals surface area contributed by atoms with Gasteiger partial charge in [-0.3, -0.25) is 0 Å². The second-order valence-corrected chi connectivity index (χ2v) is 8.27. The molecule has 2 rings (SSSR count). The van der Waals surface area contributed by atoms with Crippen molar-refractivity contribution < 1.29 is 19.0 Å². The minimum Gasteiger partial charge on any atom is -0.488 e. The summed E-state index contributed by atoms with van der Waals surface area (Å²) >= 11 is 0. The lowest BCUT2D eigenvalue weighted by Gasteiger charge is -2.20. The van der Waals surface area contributed by atoms with E-state index >= 15 is 0 Å². The average Bonchev–Trinajstić information content (AvgIpc) is 3.16. The van der Waals surface area contributed by atoms with Gasteiger partial charge in [0.1, 0.15) is 17.5 Å². The summed E-state index contributed by atoms with van der Waals surface area (Å²) in [5, 5.41) is 9.17. The molecule has 9 heteroatoms. The zero-order valence-electron chi connectivity index (χ0n) is 19.2. The van der Waals surface area contributed by atoms with Crippen LogP contribution in [0.15, 0.2) is 23.2 Å². The summed E-state index contributed by atoms with van der Waals surface area (Å²) in [6.07, 6.45) is 0.578. The molecule has 1 aliphatic heterocycles. The van der Waals surface area contributed by atoms with Gasteiger partial charge < -0.3 is 30.2 Å². The molecule has 0 radical (unpaired) electrons. The third-order valence-corrected chi connectivity index (χ3v) is 4.24. The third kappa shape index (κ3) is 10.9. The van der Waals surface area contributed by atoms with E-state index in [2.05, 4.69) is 33.1 Å². The summed E-state index contributed by atoms with van der Waals surface area (Å²) in [7, 11) is 0. The third-order valence-electron chi connectivity index (χ3n) is 4.24. The quantitative estimate of drug-likeness (QED) is 0.200. The van der Waals surface area contributed by atoms with Crippen molar-refractivity contribution in [1.29, 1.82) is 0 Å². The number of nitrogens with zero attached hydrogens (tertiary/aromatic N) is 1. The Bertz CT molecular complexity index is 716. The van der Waals surface area contributed by atoms with Gasteiger partial charge in [0.2, 0.25) is 0 Å². The molecule has 1 unspecified atom stereocenters. The summed E-state index contributed by atoms with van der Waals surface area (Å²) in [6, 6.07) is 6.17. The fraction of sp³-hybridized carbons (Fsp3) is 0.636. The van der Waals surface area contributed by atoms with E-state index in [1.54, 1.807) is 0 Å². The Kier molecular flexibility index (Phi) is 12.0. The lowest BCUT2D eigenvalue weighted by atomic mass is 10.1. The number of halogens is 1. The molecular weight excluding hydrogens is 511 g/mol. The van der Waals surface area contributed by atoms with Crippen LogP contribution in [-0.2, 0) is 16.0 Å². The van der Waals surface area contributed by atoms with E-state index in [0.29, 0.717) is 32.2 Å². The molecule has 1 aromatic carbocycles. The van der Waals surface area contributed by atoms with Gasteiger partial charge >= 0.3 is 6.09 Å². The SMILES string of the molecule is CCNC(=NCc1ccc(C)cc1OC1CCOC1)NCCNC(=O)OC(C)(C)C.I. The standard InChI is InChI=1S/C22H36N4O4.HI/c1-6-23-20(24-10-11-25-21(27)30-22(3,4)5)26-14-17-8-7-16(2)13-19(17)29-18-9-12-28-15-18;/h7-8,13,18H,6,9-12,14-15H2,1-5H3,(H,25,27)(H2,23,24,26);1H. The van der Waals surface area contributed by atoms with E-state index in [4.69, 9.17) is 14.2 Å². The summed E-state index contributed by atoms with van der Waals surface area (Å²) in [5.74, 6) is 1.54. The maximum Gasteiger partial charge on any atom is 0.407 e. The van der Waals surface area contributed by atoms with Crippen LogP contribution in [0.4, 0.5) is 4.79 Å². The van der Waals surface area contributed by atoms with E-state index in [9.17, 15) is 4.79 Å². The number of nitrogens with one attached hydrogen (secondary N) is 3. The highest BCUT2D eigenvalue weighted by Gasteiger charge is 2.19. The van der Waals surface area contributed by atoms with Gasteiger partial charge in [0.25, 0.3) is 0 Å². The maximum atomic E-state index is 11.7. The molecule has 1 aromatic rings. The van der Waals surface area contributed by atoms with Crippen molar-refractivity contribution in [2.24, 2.45) is 4.99 Å². The zero-order valence-corrected chi connectivity index (χ0v) is 21.6. The fourth-order valence-electron chi connectivity index (χ4n) is 2.85. The highest BCUT2D eigenvalue weighted by molar-refractivity contribution is 14.0. The van der Waals surface area contributed by atoms with Crippen LogP contribution in [0.3, 0.4) is 0 Å². The monoisotopic (exact) mass is 548 g/mol. The van der Waals surface area contributed by atoms with Crippen LogP contribution in [0.5, 0.6) is 5.75 Å². The van der Waals surface area contributed by atoms with Crippen LogP contribution in [0, 0.1) is 6.92 Å². The average molecular weight is 548 g/mol. The molecule has 0 aromatic heterocycles. The molecule has 8 nitrogen and oxygen atoms in total. The van der Waals surface area contributed by atoms with Crippen molar-refractivity contribution in [2.45, 2.75) is 59.3 Å². The lowest BCUT2D eigenvalue weighted by molar-refractivity contribution is 0.0529. The Morgan fingerprint density at radius 2 is 1.97 bits per heavy atom. The number of benzene rings is 1. The molecule has 1 aliphatic rings. The Morgan fingerprint density at radius 3 is 2.61 bits per heavy atom. The lowest BCUT2D eigenvalue weighted by Crippen LogP contribution is -2.42. The van der Waals surface area contributed by atoms with Gasteiger partial charge in [-0.05, 0) is 46.2 Å². The molecule has 1 atom stereocenters. The van der Waals surface area contributed by atoms with Gasteiger partial charge in [-0.25, -0.2) is 9.79 Å². The second-order valence-electron chi connectivity index (χ2n) is 8.27. The minimum atomic E-state index is -0.508. The molecule has 1 amide bonds. The van der Waals surface area contributed by atoms with E-state index < -0.39 is 11.7 Å². The van der Waals surface area contributed by atoms with Crippen molar-refractivity contribution in [2.75, 3.05) is 32.8 Å². The fourth-order valence-corrected chi connectivity index (χ4v) is 2.85. The van der Waals surface area contributed by atoms with Crippen molar-refractivity contribution in [1.82, 2.24) is 16.0 Å². The molecule has 0 aliphatic carbocycles. The normalized spacial score (nSPS) is 16.3. The summed E-state index contributed by atoms with van der Waals surface area (Å²) in [5.41, 5.74) is 1.67. The van der Waals surface area contributed by atoms with Crippen LogP contribution < -0.4 is 20.7 Å². The zero-order chi connectivity index (χ0) is 22.0. The molecule has 1 saturated heterocycles. The first-order valence-corrected chi connectivity index (χ1v) is 10.6. The predicted molar refractivity (Wildman–Crippen MR) is 134 cm³/mol. The largest absolute Gasteiger partial charge is 0.488 e. The van der Waals surface area contributed by atoms with Gasteiger partial charge in [-0.2, -0.15) is 0 Å². The molecule has 31 heavy (non-hydrogen) atoms. The molecule has 0 spiro atoms. The number of rotatable bonds is 8. The predicted octanol–water partition coefficient (Wildman–Crippen LogP) is 3.36. The number of carbonyl (C=O) groups is 1. The topological polar surface area (TPSA) is 93.2 Å². The number of hydrogen-bond donors (Lipinski definition) is 3. The molecule has 3 N–H and O–H groups in total. The van der Waals surface area contributed by atoms with Crippen molar-refractivity contribution >= 4 is 36.0 Å². The molecule has 0 bridgehead atoms. The minimum absolute atomic E-state index is 0. The first kappa shape index (κ1) is 27.3. The number of hydrogen-bond acceptors (Lipinski definition) is 5. The molecule has 1 heterocycles. The van der Waals surface area contributed by atoms with Crippen molar-refractivity contribution in [3.05, 3.63) is 29.3 Å². The second kappa shape index (κ2) is 13.6. The Hall–Kier alpha value is -1.75. The first-order chi connectivity index (χ1) is 14.3. The Morgan fingerprint density at radius 1 is 1.23 bits per heavy atom. The highest BCUT2D eigenvalue weighted by atomic mass is 127. The molecule has 0 saturated carbocycles. The Balaban J connectivity index is 0.00000480. The molecule has 176 valence electrons. The first-order valence-electron chi connectivity index (χ1n) is 10.6. The van der Waals surface area contributed by atoms with E-state index in [1.807, 2.05) is 40.7 Å². The number of ether oxygens (including phenoxy) is 3. The molecular formula is C22H37IN4O4. The van der Waals surface area contributed by atoms with E-state index in [1.165, 1.54) is 0 Å². The van der Waals surface area contributed by atoms with Crippen LogP contribution in [-0.4, -0.2) is 56.6 Å². The number of alkyl carbamates (subject to hydrolysis) is 1. The smallest absolute Gasteiger partial charge is 0.407 e. The van der Waals surface area contributed by atoms with Gasteiger partial charge in [0, 0.05) is 31.6 Å². The summed E-state index contributed by atoms with van der Waals surface area (Å²) < 4.78 is 16.8. The van der Waals surface area contributed by atoms with Gasteiger partial charge in [0.05, 0.1) is 19.8 Å². The van der Waals surface area contributed by atoms with Crippen LogP contribution >= 0.6 is 24.0 Å². The highest BCUT2D eigenvalue weighted by Crippen LogP contribution is 2.24. The van der Waals surface area contributed by atoms with Crippen molar-refractivity contribution in [3.63, 3.8) is 0 Å². The van der Waals surface area contributed by atoms with Crippen LogP contribution in [0.25, 0.3) is 0 Å². The van der Waals surface area contributed by atoms with Crippen LogP contribution in [0.2, 0.25) is 0 Å². The van der Waals surface area contributed by atoms with E-state index in [-0.39, 0.29) is 30.1 Å². The number of aliphatic imine (C=N–C) groups is 1. The number of guanidine groups is 1. The summed E-state index contributed by atoms with van der Waals surface area (Å²) in [4.78, 5) is 16.4. The summed E-state index contributed by atoms with van der Waals surface area (Å²) in [6.45, 7) is 13.1. The van der Waals surface area contributed by atoms with Crippen LogP contribution in [0.1, 0.15) is 45.2 Å². The van der Waals surface area contributed by atoms with Crippen molar-refractivity contribution in [3.8, 4) is 5.75 Å². The number of aryl methyl sites for hydroxylation is 1. The van der Waals surface area contributed by atoms with Gasteiger partial charge in [-0.1, -0.05) is 12.1 Å². The Labute approximate surface area is 202 Å². The number of carbonyl (C=O) groups excluding carboxylic acids is 1. The van der Waals surface area contributed by atoms with Gasteiger partial charge in [0.15, 0.2) is 5.96 Å². The molecule has 1 fully saturated rings. The number of amides is 1. The van der Waals surface area contributed by atoms with E-state index in [0.717, 1.165) is 36.4 Å². The maximum absolute atomic E-state index is 11.7.